The summed E-state index contributed by atoms with van der Waals surface area (Å²) in [4.78, 5) is 47.5. The number of hydrogen-bond donors (Lipinski definition) is 1. The van der Waals surface area contributed by atoms with Crippen molar-refractivity contribution in [2.45, 2.75) is 27.7 Å². The molecular weight excluding hydrogens is 822 g/mol. The van der Waals surface area contributed by atoms with E-state index in [1.165, 1.54) is 12.1 Å². The molecule has 3 aliphatic rings. The van der Waals surface area contributed by atoms with Gasteiger partial charge in [0, 0.05) is 92.2 Å². The molecule has 0 bridgehead atoms. The van der Waals surface area contributed by atoms with Crippen molar-refractivity contribution in [1.82, 2.24) is 24.8 Å². The standard InChI is InChI=1S/C25H28F2N6O2.C16H16BrF2N3O/c1-3-31-4-5-33(15-22(31)34)25-16(2)24(23-20(27)10-17(26)11-21(23)30-25)29-18-12-19(14-28-13-18)32-6-8-35-9-7-32;1-3-21-4-5-22(8-13(21)23)16-9(2)15(17)14-11(19)6-10(18)7-12(14)20-16/h10-14H,3-9,15H2,1-2H3,(H,29,30);6-7H,3-5,8H2,1-2H3. The summed E-state index contributed by atoms with van der Waals surface area (Å²) in [6, 6.07) is 6.08. The number of morpholine rings is 1. The summed E-state index contributed by atoms with van der Waals surface area (Å²) in [6.45, 7) is 14.5. The number of aromatic nitrogens is 3. The Kier molecular flexibility index (Phi) is 12.2. The van der Waals surface area contributed by atoms with Crippen LogP contribution in [0, 0.1) is 37.1 Å². The molecule has 12 nitrogen and oxygen atoms in total. The van der Waals surface area contributed by atoms with E-state index in [0.717, 1.165) is 36.5 Å². The lowest BCUT2D eigenvalue weighted by molar-refractivity contribution is -0.131. The van der Waals surface area contributed by atoms with E-state index in [1.54, 1.807) is 22.2 Å². The molecule has 0 atom stereocenters. The van der Waals surface area contributed by atoms with Crippen molar-refractivity contribution in [3.63, 3.8) is 0 Å². The van der Waals surface area contributed by atoms with Gasteiger partial charge in [-0.2, -0.15) is 0 Å². The molecule has 8 rings (SSSR count). The van der Waals surface area contributed by atoms with Gasteiger partial charge >= 0.3 is 0 Å². The minimum Gasteiger partial charge on any atom is -0.378 e. The van der Waals surface area contributed by atoms with Gasteiger partial charge in [0.15, 0.2) is 0 Å². The van der Waals surface area contributed by atoms with Gasteiger partial charge in [0.05, 0.1) is 77.6 Å². The molecule has 0 spiro atoms. The second-order valence-electron chi connectivity index (χ2n) is 14.3. The summed E-state index contributed by atoms with van der Waals surface area (Å²) in [5.41, 5.74) is 3.93. The summed E-state index contributed by atoms with van der Waals surface area (Å²) in [5.74, 6) is -1.58. The molecule has 2 amide bonds. The van der Waals surface area contributed by atoms with Crippen molar-refractivity contribution in [3.8, 4) is 0 Å². The number of fused-ring (bicyclic) bond motifs is 2. The van der Waals surface area contributed by atoms with Crippen LogP contribution >= 0.6 is 15.9 Å². The molecule has 3 aliphatic heterocycles. The number of anilines is 5. The van der Waals surface area contributed by atoms with Crippen LogP contribution in [0.2, 0.25) is 0 Å². The highest BCUT2D eigenvalue weighted by atomic mass is 79.9. The Morgan fingerprint density at radius 2 is 1.22 bits per heavy atom. The zero-order valence-electron chi connectivity index (χ0n) is 32.7. The van der Waals surface area contributed by atoms with Gasteiger partial charge in [0.25, 0.3) is 0 Å². The number of carbonyl (C=O) groups is 2. The van der Waals surface area contributed by atoms with Crippen LogP contribution in [-0.2, 0) is 14.3 Å². The van der Waals surface area contributed by atoms with Gasteiger partial charge < -0.3 is 34.6 Å². The third-order valence-electron chi connectivity index (χ3n) is 10.7. The number of nitrogens with one attached hydrogen (secondary N) is 1. The van der Waals surface area contributed by atoms with Crippen LogP contribution in [0.5, 0.6) is 0 Å². The lowest BCUT2D eigenvalue weighted by Gasteiger charge is -2.35. The molecule has 17 heteroatoms. The van der Waals surface area contributed by atoms with Crippen molar-refractivity contribution in [2.75, 3.05) is 98.7 Å². The molecule has 0 aliphatic carbocycles. The SMILES string of the molecule is CCN1CCN(c2nc3cc(F)cc(F)c3c(Br)c2C)CC1=O.CCN1CCN(c2nc3cc(F)cc(F)c3c(Nc3cncc(N4CCOCC4)c3)c2C)CC1=O. The van der Waals surface area contributed by atoms with Crippen molar-refractivity contribution in [2.24, 2.45) is 0 Å². The maximum absolute atomic E-state index is 15.1. The first-order valence-electron chi connectivity index (χ1n) is 19.2. The molecule has 306 valence electrons. The van der Waals surface area contributed by atoms with Gasteiger partial charge in [0.1, 0.15) is 34.9 Å². The Bertz CT molecular complexity index is 2380. The van der Waals surface area contributed by atoms with Gasteiger partial charge in [-0.25, -0.2) is 27.5 Å². The van der Waals surface area contributed by atoms with E-state index in [2.05, 4.69) is 41.1 Å². The van der Waals surface area contributed by atoms with Crippen LogP contribution in [0.25, 0.3) is 21.8 Å². The number of piperazine rings is 2. The number of hydrogen-bond acceptors (Lipinski definition) is 10. The summed E-state index contributed by atoms with van der Waals surface area (Å²) in [5, 5.41) is 3.77. The third-order valence-corrected chi connectivity index (χ3v) is 11.7. The first-order valence-corrected chi connectivity index (χ1v) is 20.0. The van der Waals surface area contributed by atoms with Crippen LogP contribution in [0.15, 0.2) is 47.2 Å². The fourth-order valence-electron chi connectivity index (χ4n) is 7.60. The van der Waals surface area contributed by atoms with Gasteiger partial charge in [-0.15, -0.1) is 0 Å². The second kappa shape index (κ2) is 17.3. The fourth-order valence-corrected chi connectivity index (χ4v) is 8.17. The molecule has 3 saturated heterocycles. The predicted molar refractivity (Wildman–Crippen MR) is 220 cm³/mol. The highest BCUT2D eigenvalue weighted by molar-refractivity contribution is 9.10. The number of ether oxygens (including phenoxy) is 1. The average Bonchev–Trinajstić information content (AvgIpc) is 3.20. The lowest BCUT2D eigenvalue weighted by atomic mass is 10.1. The number of pyridine rings is 3. The molecule has 0 radical (unpaired) electrons. The predicted octanol–water partition coefficient (Wildman–Crippen LogP) is 6.72. The Morgan fingerprint density at radius 1 is 0.690 bits per heavy atom. The smallest absolute Gasteiger partial charge is 0.242 e. The second-order valence-corrected chi connectivity index (χ2v) is 15.1. The number of amides is 2. The lowest BCUT2D eigenvalue weighted by Crippen LogP contribution is -2.50. The Hall–Kier alpha value is -5.29. The molecule has 1 N–H and O–H groups in total. The minimum absolute atomic E-state index is 0.00221. The Balaban J connectivity index is 0.000000193. The highest BCUT2D eigenvalue weighted by Crippen LogP contribution is 2.38. The van der Waals surface area contributed by atoms with E-state index in [-0.39, 0.29) is 46.7 Å². The summed E-state index contributed by atoms with van der Waals surface area (Å²) in [6.07, 6.45) is 3.45. The quantitative estimate of drug-likeness (QED) is 0.177. The Labute approximate surface area is 341 Å². The molecule has 0 unspecified atom stereocenters. The first-order chi connectivity index (χ1) is 27.9. The van der Waals surface area contributed by atoms with Crippen LogP contribution in [0.1, 0.15) is 25.0 Å². The Morgan fingerprint density at radius 3 is 1.78 bits per heavy atom. The highest BCUT2D eigenvalue weighted by Gasteiger charge is 2.29. The van der Waals surface area contributed by atoms with Gasteiger partial charge in [-0.3, -0.25) is 14.6 Å². The van der Waals surface area contributed by atoms with Crippen LogP contribution in [-0.4, -0.2) is 115 Å². The number of likely N-dealkylation sites (N-methyl/N-ethyl adjacent to an activating group) is 2. The van der Waals surface area contributed by atoms with E-state index in [1.807, 2.05) is 43.6 Å². The molecule has 2 aromatic carbocycles. The molecule has 5 aromatic rings. The number of nitrogens with zero attached hydrogens (tertiary/aromatic N) is 8. The number of carbonyl (C=O) groups excluding carboxylic acids is 2. The van der Waals surface area contributed by atoms with E-state index in [0.29, 0.717) is 85.5 Å². The first kappa shape index (κ1) is 40.9. The van der Waals surface area contributed by atoms with Gasteiger partial charge in [-0.1, -0.05) is 0 Å². The van der Waals surface area contributed by atoms with Crippen molar-refractivity contribution >= 4 is 78.2 Å². The molecule has 3 aromatic heterocycles. The number of rotatable bonds is 7. The van der Waals surface area contributed by atoms with E-state index in [9.17, 15) is 22.8 Å². The monoisotopic (exact) mass is 865 g/mol. The summed E-state index contributed by atoms with van der Waals surface area (Å²) < 4.78 is 62.7. The summed E-state index contributed by atoms with van der Waals surface area (Å²) in [7, 11) is 0. The van der Waals surface area contributed by atoms with Crippen molar-refractivity contribution in [3.05, 3.63) is 81.6 Å². The van der Waals surface area contributed by atoms with Crippen molar-refractivity contribution < 1.29 is 31.9 Å². The zero-order valence-corrected chi connectivity index (χ0v) is 34.3. The molecule has 0 saturated carbocycles. The summed E-state index contributed by atoms with van der Waals surface area (Å²) >= 11 is 3.39. The molecule has 3 fully saturated rings. The maximum Gasteiger partial charge on any atom is 0.242 e. The minimum atomic E-state index is -0.703. The molecule has 58 heavy (non-hydrogen) atoms. The number of benzene rings is 2. The zero-order chi connectivity index (χ0) is 41.2. The maximum atomic E-state index is 15.1. The molecular formula is C41H44BrF4N9O3. The van der Waals surface area contributed by atoms with Gasteiger partial charge in [-0.05, 0) is 49.7 Å². The number of halogens is 5. The molecule has 6 heterocycles. The third kappa shape index (κ3) is 8.32. The topological polar surface area (TPSA) is 110 Å². The van der Waals surface area contributed by atoms with E-state index < -0.39 is 23.3 Å². The average molecular weight is 867 g/mol. The van der Waals surface area contributed by atoms with Gasteiger partial charge in [0.2, 0.25) is 11.8 Å². The van der Waals surface area contributed by atoms with E-state index in [4.69, 9.17) is 4.74 Å². The van der Waals surface area contributed by atoms with Crippen LogP contribution in [0.4, 0.5) is 46.3 Å². The van der Waals surface area contributed by atoms with Crippen LogP contribution in [0.3, 0.4) is 0 Å². The fraction of sp³-hybridized carbons (Fsp3) is 0.390. The normalized spacial score (nSPS) is 16.3. The van der Waals surface area contributed by atoms with Crippen molar-refractivity contribution in [1.29, 1.82) is 0 Å². The largest absolute Gasteiger partial charge is 0.378 e. The van der Waals surface area contributed by atoms with E-state index >= 15 is 4.39 Å². The van der Waals surface area contributed by atoms with Crippen LogP contribution < -0.4 is 20.0 Å².